The average Bonchev–Trinajstić information content (AvgIpc) is 2.80. The summed E-state index contributed by atoms with van der Waals surface area (Å²) in [6.45, 7) is 5.65. The van der Waals surface area contributed by atoms with Gasteiger partial charge in [-0.25, -0.2) is 4.98 Å². The second-order valence-electron chi connectivity index (χ2n) is 5.54. The van der Waals surface area contributed by atoms with E-state index in [4.69, 9.17) is 5.11 Å². The standard InChI is InChI=1S/C15H18N2O2S/c1-9(15(18)19)11-7-17(8-11)10(2)14-16-12-5-3-4-6-13(12)20-14/h3-6,9-11H,7-8H2,1-2H3,(H,18,19). The predicted octanol–water partition coefficient (Wildman–Crippen LogP) is 3.01. The van der Waals surface area contributed by atoms with E-state index < -0.39 is 5.97 Å². The summed E-state index contributed by atoms with van der Waals surface area (Å²) in [7, 11) is 0. The molecule has 0 bridgehead atoms. The molecule has 2 heterocycles. The van der Waals surface area contributed by atoms with Gasteiger partial charge < -0.3 is 5.11 Å². The lowest BCUT2D eigenvalue weighted by Crippen LogP contribution is -2.51. The van der Waals surface area contributed by atoms with E-state index in [1.165, 1.54) is 4.70 Å². The van der Waals surface area contributed by atoms with Crippen molar-refractivity contribution in [1.29, 1.82) is 0 Å². The van der Waals surface area contributed by atoms with Gasteiger partial charge in [0.2, 0.25) is 0 Å². The lowest BCUT2D eigenvalue weighted by molar-refractivity contribution is -0.145. The van der Waals surface area contributed by atoms with Gasteiger partial charge in [0.1, 0.15) is 5.01 Å². The summed E-state index contributed by atoms with van der Waals surface area (Å²) in [5.41, 5.74) is 1.05. The van der Waals surface area contributed by atoms with E-state index in [-0.39, 0.29) is 17.9 Å². The summed E-state index contributed by atoms with van der Waals surface area (Å²) in [6.07, 6.45) is 0. The number of aliphatic carboxylic acids is 1. The molecule has 20 heavy (non-hydrogen) atoms. The number of carbonyl (C=O) groups is 1. The summed E-state index contributed by atoms with van der Waals surface area (Å²) in [4.78, 5) is 18.0. The van der Waals surface area contributed by atoms with Crippen molar-refractivity contribution in [2.45, 2.75) is 19.9 Å². The molecule has 3 rings (SSSR count). The van der Waals surface area contributed by atoms with E-state index in [1.54, 1.807) is 18.3 Å². The molecular weight excluding hydrogens is 272 g/mol. The Labute approximate surface area is 122 Å². The number of benzene rings is 1. The minimum atomic E-state index is -0.692. The Morgan fingerprint density at radius 2 is 2.10 bits per heavy atom. The highest BCUT2D eigenvalue weighted by molar-refractivity contribution is 7.18. The second-order valence-corrected chi connectivity index (χ2v) is 6.60. The van der Waals surface area contributed by atoms with Gasteiger partial charge in [-0.15, -0.1) is 11.3 Å². The fourth-order valence-corrected chi connectivity index (χ4v) is 3.66. The third-order valence-electron chi connectivity index (χ3n) is 4.25. The summed E-state index contributed by atoms with van der Waals surface area (Å²) in [5, 5.41) is 10.1. The van der Waals surface area contributed by atoms with Crippen molar-refractivity contribution < 1.29 is 9.90 Å². The molecule has 0 amide bonds. The Hall–Kier alpha value is -1.46. The minimum absolute atomic E-state index is 0.256. The van der Waals surface area contributed by atoms with E-state index in [0.717, 1.165) is 23.6 Å². The molecule has 106 valence electrons. The first kappa shape index (κ1) is 13.5. The van der Waals surface area contributed by atoms with Crippen molar-refractivity contribution >= 4 is 27.5 Å². The SMILES string of the molecule is CC(C(=O)O)C1CN(C(C)c2nc3ccccc3s2)C1. The third kappa shape index (κ3) is 2.31. The van der Waals surface area contributed by atoms with Gasteiger partial charge in [-0.05, 0) is 25.0 Å². The summed E-state index contributed by atoms with van der Waals surface area (Å²) in [5.74, 6) is -0.680. The number of carboxylic acid groups (broad SMARTS) is 1. The molecule has 2 unspecified atom stereocenters. The number of aromatic nitrogens is 1. The number of thiazole rings is 1. The van der Waals surface area contributed by atoms with Crippen molar-refractivity contribution in [2.24, 2.45) is 11.8 Å². The molecule has 1 aromatic heterocycles. The van der Waals surface area contributed by atoms with Gasteiger partial charge in [0.05, 0.1) is 22.2 Å². The highest BCUT2D eigenvalue weighted by atomic mass is 32.1. The molecule has 5 heteroatoms. The second kappa shape index (κ2) is 5.14. The number of likely N-dealkylation sites (tertiary alicyclic amines) is 1. The number of hydrogen-bond donors (Lipinski definition) is 1. The smallest absolute Gasteiger partial charge is 0.306 e. The Morgan fingerprint density at radius 1 is 1.40 bits per heavy atom. The van der Waals surface area contributed by atoms with Crippen LogP contribution in [0, 0.1) is 11.8 Å². The molecule has 1 fully saturated rings. The molecule has 0 saturated carbocycles. The van der Waals surface area contributed by atoms with Crippen LogP contribution in [0.25, 0.3) is 10.2 Å². The van der Waals surface area contributed by atoms with E-state index in [0.29, 0.717) is 0 Å². The molecule has 1 saturated heterocycles. The van der Waals surface area contributed by atoms with Crippen LogP contribution in [0.5, 0.6) is 0 Å². The van der Waals surface area contributed by atoms with Crippen LogP contribution in [-0.4, -0.2) is 34.0 Å². The molecule has 1 aromatic carbocycles. The largest absolute Gasteiger partial charge is 0.481 e. The molecule has 1 aliphatic heterocycles. The first-order chi connectivity index (χ1) is 9.56. The molecule has 1 N–H and O–H groups in total. The number of fused-ring (bicyclic) bond motifs is 1. The fourth-order valence-electron chi connectivity index (χ4n) is 2.61. The first-order valence-electron chi connectivity index (χ1n) is 6.88. The van der Waals surface area contributed by atoms with Crippen molar-refractivity contribution in [3.63, 3.8) is 0 Å². The van der Waals surface area contributed by atoms with Crippen LogP contribution in [0.1, 0.15) is 24.9 Å². The summed E-state index contributed by atoms with van der Waals surface area (Å²) < 4.78 is 1.21. The number of hydrogen-bond acceptors (Lipinski definition) is 4. The number of carboxylic acids is 1. The van der Waals surface area contributed by atoms with E-state index in [9.17, 15) is 4.79 Å². The van der Waals surface area contributed by atoms with Crippen LogP contribution in [0.3, 0.4) is 0 Å². The minimum Gasteiger partial charge on any atom is -0.481 e. The van der Waals surface area contributed by atoms with Crippen LogP contribution >= 0.6 is 11.3 Å². The van der Waals surface area contributed by atoms with E-state index in [1.807, 2.05) is 18.2 Å². The number of nitrogens with zero attached hydrogens (tertiary/aromatic N) is 2. The third-order valence-corrected chi connectivity index (χ3v) is 5.46. The zero-order valence-corrected chi connectivity index (χ0v) is 12.4. The van der Waals surface area contributed by atoms with Gasteiger partial charge >= 0.3 is 5.97 Å². The zero-order valence-electron chi connectivity index (χ0n) is 11.6. The molecule has 0 spiro atoms. The Kier molecular flexibility index (Phi) is 3.48. The molecule has 1 aliphatic rings. The van der Waals surface area contributed by atoms with E-state index in [2.05, 4.69) is 22.9 Å². The van der Waals surface area contributed by atoms with Crippen molar-refractivity contribution in [2.75, 3.05) is 13.1 Å². The van der Waals surface area contributed by atoms with Crippen LogP contribution in [0.2, 0.25) is 0 Å². The van der Waals surface area contributed by atoms with Crippen LogP contribution in [0.4, 0.5) is 0 Å². The highest BCUT2D eigenvalue weighted by Gasteiger charge is 2.37. The van der Waals surface area contributed by atoms with Gasteiger partial charge in [0.15, 0.2) is 0 Å². The number of rotatable bonds is 4. The lowest BCUT2D eigenvalue weighted by Gasteiger charge is -2.44. The predicted molar refractivity (Wildman–Crippen MR) is 79.9 cm³/mol. The van der Waals surface area contributed by atoms with Crippen LogP contribution in [0.15, 0.2) is 24.3 Å². The highest BCUT2D eigenvalue weighted by Crippen LogP contribution is 2.35. The fraction of sp³-hybridized carbons (Fsp3) is 0.467. The normalized spacial score (nSPS) is 19.7. The first-order valence-corrected chi connectivity index (χ1v) is 7.70. The van der Waals surface area contributed by atoms with Gasteiger partial charge in [-0.2, -0.15) is 0 Å². The summed E-state index contributed by atoms with van der Waals surface area (Å²) in [6, 6.07) is 8.43. The van der Waals surface area contributed by atoms with Crippen LogP contribution in [-0.2, 0) is 4.79 Å². The van der Waals surface area contributed by atoms with Crippen molar-refractivity contribution in [1.82, 2.24) is 9.88 Å². The maximum atomic E-state index is 11.0. The zero-order chi connectivity index (χ0) is 14.3. The number of para-hydroxylation sites is 1. The van der Waals surface area contributed by atoms with Gasteiger partial charge in [-0.1, -0.05) is 19.1 Å². The molecule has 0 radical (unpaired) electrons. The molecule has 4 nitrogen and oxygen atoms in total. The average molecular weight is 290 g/mol. The maximum Gasteiger partial charge on any atom is 0.306 e. The molecule has 2 atom stereocenters. The van der Waals surface area contributed by atoms with E-state index >= 15 is 0 Å². The summed E-state index contributed by atoms with van der Waals surface area (Å²) >= 11 is 1.73. The Morgan fingerprint density at radius 3 is 2.75 bits per heavy atom. The van der Waals surface area contributed by atoms with Crippen molar-refractivity contribution in [3.8, 4) is 0 Å². The lowest BCUT2D eigenvalue weighted by atomic mass is 9.86. The monoisotopic (exact) mass is 290 g/mol. The molecule has 2 aromatic rings. The Bertz CT molecular complexity index is 601. The van der Waals surface area contributed by atoms with Crippen LogP contribution < -0.4 is 0 Å². The van der Waals surface area contributed by atoms with Gasteiger partial charge in [0.25, 0.3) is 0 Å². The molecule has 0 aliphatic carbocycles. The topological polar surface area (TPSA) is 53.4 Å². The van der Waals surface area contributed by atoms with Gasteiger partial charge in [0, 0.05) is 13.1 Å². The van der Waals surface area contributed by atoms with Crippen molar-refractivity contribution in [3.05, 3.63) is 29.3 Å². The molecular formula is C15H18N2O2S. The maximum absolute atomic E-state index is 11.0. The van der Waals surface area contributed by atoms with Gasteiger partial charge in [-0.3, -0.25) is 9.69 Å². The quantitative estimate of drug-likeness (QED) is 0.940. The Balaban J connectivity index is 1.68.